The fourth-order valence-corrected chi connectivity index (χ4v) is 2.26. The van der Waals surface area contributed by atoms with Gasteiger partial charge in [0.1, 0.15) is 0 Å². The lowest BCUT2D eigenvalue weighted by molar-refractivity contribution is -0.114. The fraction of sp³-hybridized carbons (Fsp3) is 0.400. The maximum absolute atomic E-state index is 11.2. The maximum atomic E-state index is 11.2. The van der Waals surface area contributed by atoms with Gasteiger partial charge in [-0.1, -0.05) is 29.9 Å². The minimum atomic E-state index is -0.394. The van der Waals surface area contributed by atoms with Gasteiger partial charge in [0, 0.05) is 17.9 Å². The van der Waals surface area contributed by atoms with Gasteiger partial charge in [-0.15, -0.1) is 0 Å². The summed E-state index contributed by atoms with van der Waals surface area (Å²) in [6, 6.07) is 0.135. The molecule has 1 heterocycles. The summed E-state index contributed by atoms with van der Waals surface area (Å²) in [4.78, 5) is 15.4. The number of allylic oxidation sites excluding steroid dienone is 1. The Labute approximate surface area is 119 Å². The zero-order valence-electron chi connectivity index (χ0n) is 11.8. The Balaban J connectivity index is 2.04. The second-order valence-electron chi connectivity index (χ2n) is 4.98. The molecule has 106 valence electrons. The molecule has 0 spiro atoms. The molecule has 0 aromatic carbocycles. The normalized spacial score (nSPS) is 25.2. The van der Waals surface area contributed by atoms with E-state index in [1.165, 1.54) is 5.57 Å². The molecule has 1 aliphatic heterocycles. The summed E-state index contributed by atoms with van der Waals surface area (Å²) in [5.41, 5.74) is 11.2. The number of rotatable bonds is 5. The number of nitrogens with one attached hydrogen (secondary N) is 1. The quantitative estimate of drug-likeness (QED) is 0.585. The Kier molecular flexibility index (Phi) is 4.50. The molecule has 0 radical (unpaired) electrons. The van der Waals surface area contributed by atoms with E-state index in [9.17, 15) is 4.79 Å². The largest absolute Gasteiger partial charge is 0.366 e. The first-order valence-corrected chi connectivity index (χ1v) is 6.73. The maximum Gasteiger partial charge on any atom is 0.248 e. The number of carbonyl (C=O) groups excluding carboxylic acids is 1. The average Bonchev–Trinajstić information content (AvgIpc) is 2.85. The first kappa shape index (κ1) is 14.2. The van der Waals surface area contributed by atoms with Gasteiger partial charge in [0.05, 0.1) is 18.3 Å². The van der Waals surface area contributed by atoms with E-state index in [0.29, 0.717) is 12.1 Å². The number of hydrogen-bond donors (Lipinski definition) is 2. The number of nitrogens with zero attached hydrogens (tertiary/aromatic N) is 2. The van der Waals surface area contributed by atoms with E-state index in [0.717, 1.165) is 12.1 Å². The molecule has 0 aromatic rings. The van der Waals surface area contributed by atoms with E-state index in [4.69, 9.17) is 5.73 Å². The van der Waals surface area contributed by atoms with Crippen molar-refractivity contribution in [3.63, 3.8) is 0 Å². The highest BCUT2D eigenvalue weighted by Crippen LogP contribution is 2.24. The lowest BCUT2D eigenvalue weighted by atomic mass is 9.87. The van der Waals surface area contributed by atoms with Gasteiger partial charge in [0.25, 0.3) is 0 Å². The number of carbonyl (C=O) groups is 1. The van der Waals surface area contributed by atoms with Crippen LogP contribution in [0.1, 0.15) is 20.3 Å². The smallest absolute Gasteiger partial charge is 0.248 e. The molecule has 0 saturated heterocycles. The summed E-state index contributed by atoms with van der Waals surface area (Å²) in [7, 11) is 0. The zero-order valence-corrected chi connectivity index (χ0v) is 11.8. The summed E-state index contributed by atoms with van der Waals surface area (Å²) < 4.78 is 0. The van der Waals surface area contributed by atoms with Crippen molar-refractivity contribution in [2.24, 2.45) is 21.7 Å². The molecule has 2 aliphatic rings. The van der Waals surface area contributed by atoms with Gasteiger partial charge < -0.3 is 11.2 Å². The Morgan fingerprint density at radius 3 is 3.10 bits per heavy atom. The van der Waals surface area contributed by atoms with Crippen molar-refractivity contribution < 1.29 is 4.79 Å². The molecule has 5 nitrogen and oxygen atoms in total. The molecule has 0 saturated carbocycles. The van der Waals surface area contributed by atoms with E-state index in [1.54, 1.807) is 12.3 Å². The minimum absolute atomic E-state index is 0.112. The summed E-state index contributed by atoms with van der Waals surface area (Å²) in [6.07, 6.45) is 10.3. The number of fused-ring (bicyclic) bond motifs is 1. The second-order valence-corrected chi connectivity index (χ2v) is 4.98. The molecule has 1 aliphatic carbocycles. The zero-order chi connectivity index (χ0) is 14.5. The third-order valence-electron chi connectivity index (χ3n) is 3.44. The first-order valence-electron chi connectivity index (χ1n) is 6.73. The standard InChI is InChI=1S/C15H20N4O/c1-3-17-9-10(2)4-6-13-12-8-11(15(16)20)5-7-14(12)19-18-13/h3-5,7-8,12,14,19H,6,9H2,1-2H3,(H2,16,20)/b10-4-,17-3?. The van der Waals surface area contributed by atoms with Crippen LogP contribution in [0.15, 0.2) is 45.5 Å². The molecule has 0 bridgehead atoms. The van der Waals surface area contributed by atoms with Gasteiger partial charge >= 0.3 is 0 Å². The van der Waals surface area contributed by atoms with E-state index in [1.807, 2.05) is 19.1 Å². The summed E-state index contributed by atoms with van der Waals surface area (Å²) >= 11 is 0. The van der Waals surface area contributed by atoms with Crippen molar-refractivity contribution >= 4 is 17.8 Å². The summed E-state index contributed by atoms with van der Waals surface area (Å²) in [6.45, 7) is 4.68. The highest BCUT2D eigenvalue weighted by Gasteiger charge is 2.30. The second kappa shape index (κ2) is 6.32. The van der Waals surface area contributed by atoms with Crippen molar-refractivity contribution in [3.05, 3.63) is 35.5 Å². The molecule has 2 unspecified atom stereocenters. The fourth-order valence-electron chi connectivity index (χ4n) is 2.26. The van der Waals surface area contributed by atoms with Crippen LogP contribution in [0.2, 0.25) is 0 Å². The Morgan fingerprint density at radius 2 is 2.40 bits per heavy atom. The number of primary amides is 1. The molecule has 0 fully saturated rings. The van der Waals surface area contributed by atoms with Crippen molar-refractivity contribution in [2.75, 3.05) is 6.54 Å². The molecule has 5 heteroatoms. The molecule has 2 atom stereocenters. The van der Waals surface area contributed by atoms with Crippen LogP contribution in [-0.4, -0.2) is 30.4 Å². The highest BCUT2D eigenvalue weighted by atomic mass is 16.1. The number of aliphatic imine (C=N–C) groups is 1. The Morgan fingerprint density at radius 1 is 1.60 bits per heavy atom. The van der Waals surface area contributed by atoms with Crippen LogP contribution >= 0.6 is 0 Å². The summed E-state index contributed by atoms with van der Waals surface area (Å²) in [5, 5.41) is 4.36. The third kappa shape index (κ3) is 3.23. The average molecular weight is 272 g/mol. The van der Waals surface area contributed by atoms with Gasteiger partial charge in [-0.3, -0.25) is 9.79 Å². The van der Waals surface area contributed by atoms with Crippen molar-refractivity contribution in [2.45, 2.75) is 26.3 Å². The van der Waals surface area contributed by atoms with E-state index in [2.05, 4.69) is 28.5 Å². The number of amides is 1. The molecular weight excluding hydrogens is 252 g/mol. The SMILES string of the molecule is CC=NC/C(C)=C\CC1=NNC2C=CC(C(N)=O)=CC12. The van der Waals surface area contributed by atoms with Crippen LogP contribution < -0.4 is 11.2 Å². The predicted octanol–water partition coefficient (Wildman–Crippen LogP) is 1.34. The van der Waals surface area contributed by atoms with Crippen LogP contribution in [0.3, 0.4) is 0 Å². The number of hydrogen-bond acceptors (Lipinski definition) is 4. The number of nitrogens with two attached hydrogens (primary N) is 1. The molecule has 1 amide bonds. The van der Waals surface area contributed by atoms with Crippen LogP contribution in [0.5, 0.6) is 0 Å². The van der Waals surface area contributed by atoms with Crippen molar-refractivity contribution in [1.82, 2.24) is 5.43 Å². The molecular formula is C15H20N4O. The van der Waals surface area contributed by atoms with E-state index < -0.39 is 5.91 Å². The van der Waals surface area contributed by atoms with E-state index in [-0.39, 0.29) is 12.0 Å². The van der Waals surface area contributed by atoms with E-state index >= 15 is 0 Å². The van der Waals surface area contributed by atoms with Gasteiger partial charge in [0.2, 0.25) is 5.91 Å². The van der Waals surface area contributed by atoms with Gasteiger partial charge in [-0.2, -0.15) is 5.10 Å². The monoisotopic (exact) mass is 272 g/mol. The minimum Gasteiger partial charge on any atom is -0.366 e. The molecule has 0 aromatic heterocycles. The topological polar surface area (TPSA) is 79.8 Å². The van der Waals surface area contributed by atoms with Crippen LogP contribution in [-0.2, 0) is 4.79 Å². The predicted molar refractivity (Wildman–Crippen MR) is 81.7 cm³/mol. The molecule has 3 N–H and O–H groups in total. The lowest BCUT2D eigenvalue weighted by Crippen LogP contribution is -2.30. The van der Waals surface area contributed by atoms with Crippen LogP contribution in [0.4, 0.5) is 0 Å². The van der Waals surface area contributed by atoms with Gasteiger partial charge in [0.15, 0.2) is 0 Å². The molecule has 20 heavy (non-hydrogen) atoms. The van der Waals surface area contributed by atoms with Crippen LogP contribution in [0.25, 0.3) is 0 Å². The van der Waals surface area contributed by atoms with Gasteiger partial charge in [-0.05, 0) is 20.1 Å². The first-order chi connectivity index (χ1) is 9.61. The van der Waals surface area contributed by atoms with Gasteiger partial charge in [-0.25, -0.2) is 0 Å². The molecule has 2 rings (SSSR count). The highest BCUT2D eigenvalue weighted by molar-refractivity contribution is 5.98. The Bertz CT molecular complexity index is 540. The number of hydrazone groups is 1. The summed E-state index contributed by atoms with van der Waals surface area (Å²) in [5.74, 6) is -0.281. The van der Waals surface area contributed by atoms with Crippen molar-refractivity contribution in [3.8, 4) is 0 Å². The van der Waals surface area contributed by atoms with Crippen molar-refractivity contribution in [1.29, 1.82) is 0 Å². The van der Waals surface area contributed by atoms with Crippen LogP contribution in [0, 0.1) is 5.92 Å². The third-order valence-corrected chi connectivity index (χ3v) is 3.44. The Hall–Kier alpha value is -2.17. The lowest BCUT2D eigenvalue weighted by Gasteiger charge is -2.18.